The van der Waals surface area contributed by atoms with Gasteiger partial charge in [-0.15, -0.1) is 0 Å². The number of hydrogen-bond acceptors (Lipinski definition) is 4. The van der Waals surface area contributed by atoms with Gasteiger partial charge >= 0.3 is 0 Å². The second-order valence-electron chi connectivity index (χ2n) is 4.92. The fraction of sp³-hybridized carbons (Fsp3) is 0.750. The largest absolute Gasteiger partial charge is 0.381 e. The van der Waals surface area contributed by atoms with Gasteiger partial charge < -0.3 is 15.0 Å². The molecule has 2 N–H and O–H groups in total. The topological polar surface area (TPSA) is 61.3 Å². The molecule has 4 nitrogen and oxygen atoms in total. The maximum atomic E-state index is 5.83. The summed E-state index contributed by atoms with van der Waals surface area (Å²) in [6.45, 7) is 5.96. The molecule has 0 bridgehead atoms. The number of ether oxygens (including phenoxy) is 1. The van der Waals surface area contributed by atoms with Crippen molar-refractivity contribution in [3.8, 4) is 0 Å². The Morgan fingerprint density at radius 2 is 2.31 bits per heavy atom. The average Bonchev–Trinajstić information content (AvgIpc) is 2.61. The predicted molar refractivity (Wildman–Crippen MR) is 62.3 cm³/mol. The van der Waals surface area contributed by atoms with Gasteiger partial charge in [0.1, 0.15) is 0 Å². The Balaban J connectivity index is 2.18. The van der Waals surface area contributed by atoms with Crippen LogP contribution in [-0.2, 0) is 11.2 Å². The Labute approximate surface area is 96.1 Å². The lowest BCUT2D eigenvalue weighted by atomic mass is 9.92. The molecule has 2 rings (SSSR count). The minimum absolute atomic E-state index is 0.364. The van der Waals surface area contributed by atoms with Crippen LogP contribution in [0.2, 0.25) is 0 Å². The number of nitrogen functional groups attached to an aromatic ring is 1. The molecule has 1 aromatic rings. The minimum atomic E-state index is 0.364. The molecule has 0 spiro atoms. The Kier molecular flexibility index (Phi) is 3.49. The molecule has 1 fully saturated rings. The number of nitrogens with two attached hydrogens (primary N) is 1. The third-order valence-corrected chi connectivity index (χ3v) is 3.01. The van der Waals surface area contributed by atoms with Crippen molar-refractivity contribution in [3.63, 3.8) is 0 Å². The van der Waals surface area contributed by atoms with E-state index in [4.69, 9.17) is 15.0 Å². The van der Waals surface area contributed by atoms with Crippen molar-refractivity contribution in [3.05, 3.63) is 11.3 Å². The van der Waals surface area contributed by atoms with Crippen LogP contribution in [0, 0.1) is 5.92 Å². The van der Waals surface area contributed by atoms with Crippen LogP contribution < -0.4 is 5.73 Å². The summed E-state index contributed by atoms with van der Waals surface area (Å²) < 4.78 is 10.6. The van der Waals surface area contributed by atoms with Gasteiger partial charge in [0.25, 0.3) is 0 Å². The molecular formula is C12H20N2O2. The van der Waals surface area contributed by atoms with Crippen molar-refractivity contribution in [2.75, 3.05) is 18.9 Å². The Bertz CT molecular complexity index is 341. The Morgan fingerprint density at radius 1 is 1.50 bits per heavy atom. The van der Waals surface area contributed by atoms with Gasteiger partial charge in [-0.05, 0) is 25.2 Å². The van der Waals surface area contributed by atoms with Crippen LogP contribution in [0.15, 0.2) is 4.52 Å². The highest BCUT2D eigenvalue weighted by atomic mass is 16.5. The van der Waals surface area contributed by atoms with Gasteiger partial charge in [-0.3, -0.25) is 0 Å². The van der Waals surface area contributed by atoms with Gasteiger partial charge in [0, 0.05) is 18.1 Å². The van der Waals surface area contributed by atoms with E-state index >= 15 is 0 Å². The summed E-state index contributed by atoms with van der Waals surface area (Å²) in [6.07, 6.45) is 3.15. The number of rotatable bonds is 3. The summed E-state index contributed by atoms with van der Waals surface area (Å²) in [5.74, 6) is 1.41. The van der Waals surface area contributed by atoms with E-state index in [0.29, 0.717) is 17.7 Å². The van der Waals surface area contributed by atoms with E-state index in [9.17, 15) is 0 Å². The fourth-order valence-corrected chi connectivity index (χ4v) is 2.23. The lowest BCUT2D eigenvalue weighted by molar-refractivity contribution is 0.0781. The van der Waals surface area contributed by atoms with Gasteiger partial charge in [-0.25, -0.2) is 0 Å². The van der Waals surface area contributed by atoms with Crippen LogP contribution in [0.5, 0.6) is 0 Å². The molecule has 1 atom stereocenters. The third-order valence-electron chi connectivity index (χ3n) is 3.01. The van der Waals surface area contributed by atoms with Gasteiger partial charge in [0.15, 0.2) is 0 Å². The second kappa shape index (κ2) is 4.87. The van der Waals surface area contributed by atoms with Crippen LogP contribution >= 0.6 is 0 Å². The van der Waals surface area contributed by atoms with E-state index in [2.05, 4.69) is 19.0 Å². The first-order valence-corrected chi connectivity index (χ1v) is 6.00. The quantitative estimate of drug-likeness (QED) is 0.856. The summed E-state index contributed by atoms with van der Waals surface area (Å²) >= 11 is 0. The smallest absolute Gasteiger partial charge is 0.225 e. The molecule has 0 radical (unpaired) electrons. The highest BCUT2D eigenvalue weighted by Gasteiger charge is 2.25. The van der Waals surface area contributed by atoms with Gasteiger partial charge in [0.2, 0.25) is 5.88 Å². The van der Waals surface area contributed by atoms with Crippen molar-refractivity contribution in [1.82, 2.24) is 5.16 Å². The van der Waals surface area contributed by atoms with E-state index in [1.54, 1.807) is 0 Å². The van der Waals surface area contributed by atoms with Crippen molar-refractivity contribution in [2.45, 2.75) is 39.0 Å². The monoisotopic (exact) mass is 224 g/mol. The predicted octanol–water partition coefficient (Wildman–Crippen LogP) is 2.35. The molecule has 2 heterocycles. The summed E-state index contributed by atoms with van der Waals surface area (Å²) in [6, 6.07) is 0. The highest BCUT2D eigenvalue weighted by Crippen LogP contribution is 2.31. The zero-order valence-electron chi connectivity index (χ0n) is 10.0. The molecule has 0 amide bonds. The maximum Gasteiger partial charge on any atom is 0.225 e. The molecule has 1 aromatic heterocycles. The van der Waals surface area contributed by atoms with Gasteiger partial charge in [-0.1, -0.05) is 19.0 Å². The van der Waals surface area contributed by atoms with Crippen molar-refractivity contribution < 1.29 is 9.26 Å². The summed E-state index contributed by atoms with van der Waals surface area (Å²) in [4.78, 5) is 0. The van der Waals surface area contributed by atoms with Crippen LogP contribution in [0.4, 0.5) is 5.88 Å². The number of aromatic nitrogens is 1. The fourth-order valence-electron chi connectivity index (χ4n) is 2.23. The first-order valence-electron chi connectivity index (χ1n) is 6.00. The zero-order chi connectivity index (χ0) is 11.5. The van der Waals surface area contributed by atoms with E-state index in [-0.39, 0.29) is 0 Å². The molecule has 1 saturated heterocycles. The van der Waals surface area contributed by atoms with Gasteiger partial charge in [0.05, 0.1) is 12.3 Å². The summed E-state index contributed by atoms with van der Waals surface area (Å²) in [5, 5.41) is 4.11. The molecular weight excluding hydrogens is 204 g/mol. The van der Waals surface area contributed by atoms with Crippen molar-refractivity contribution in [1.29, 1.82) is 0 Å². The molecule has 1 aliphatic heterocycles. The number of anilines is 1. The van der Waals surface area contributed by atoms with Crippen LogP contribution in [0.1, 0.15) is 43.9 Å². The normalized spacial score (nSPS) is 21.6. The molecule has 1 aliphatic rings. The molecule has 1 unspecified atom stereocenters. The second-order valence-corrected chi connectivity index (χ2v) is 4.92. The van der Waals surface area contributed by atoms with E-state index < -0.39 is 0 Å². The molecule has 4 heteroatoms. The van der Waals surface area contributed by atoms with Crippen molar-refractivity contribution in [2.24, 2.45) is 5.92 Å². The molecule has 0 aliphatic carbocycles. The third kappa shape index (κ3) is 2.38. The van der Waals surface area contributed by atoms with E-state index in [0.717, 1.165) is 43.7 Å². The number of hydrogen-bond donors (Lipinski definition) is 1. The minimum Gasteiger partial charge on any atom is -0.381 e. The van der Waals surface area contributed by atoms with Gasteiger partial charge in [-0.2, -0.15) is 0 Å². The summed E-state index contributed by atoms with van der Waals surface area (Å²) in [5.41, 5.74) is 7.93. The van der Waals surface area contributed by atoms with E-state index in [1.807, 2.05) is 0 Å². The van der Waals surface area contributed by atoms with Crippen LogP contribution in [-0.4, -0.2) is 18.4 Å². The molecule has 0 aromatic carbocycles. The van der Waals surface area contributed by atoms with E-state index in [1.165, 1.54) is 0 Å². The molecule has 16 heavy (non-hydrogen) atoms. The SMILES string of the molecule is CC(C)Cc1c(C2CCCOC2)noc1N. The standard InChI is InChI=1S/C12H20N2O2/c1-8(2)6-10-11(14-16-12(10)13)9-4-3-5-15-7-9/h8-9H,3-7,13H2,1-2H3. The first kappa shape index (κ1) is 11.5. The molecule has 0 saturated carbocycles. The van der Waals surface area contributed by atoms with Crippen LogP contribution in [0.25, 0.3) is 0 Å². The first-order chi connectivity index (χ1) is 7.68. The number of nitrogens with zero attached hydrogens (tertiary/aromatic N) is 1. The maximum absolute atomic E-state index is 5.83. The summed E-state index contributed by atoms with van der Waals surface area (Å²) in [7, 11) is 0. The lowest BCUT2D eigenvalue weighted by Crippen LogP contribution is -2.17. The Hall–Kier alpha value is -1.03. The Morgan fingerprint density at radius 3 is 2.94 bits per heavy atom. The zero-order valence-corrected chi connectivity index (χ0v) is 10.0. The highest BCUT2D eigenvalue weighted by molar-refractivity contribution is 5.40. The molecule has 90 valence electrons. The van der Waals surface area contributed by atoms with Crippen molar-refractivity contribution >= 4 is 5.88 Å². The van der Waals surface area contributed by atoms with Crippen LogP contribution in [0.3, 0.4) is 0 Å². The lowest BCUT2D eigenvalue weighted by Gasteiger charge is -2.21. The average molecular weight is 224 g/mol.